The number of ketones is 1. The van der Waals surface area contributed by atoms with Crippen LogP contribution in [0.25, 0.3) is 5.76 Å². The summed E-state index contributed by atoms with van der Waals surface area (Å²) in [7, 11) is 0. The molecule has 0 bridgehead atoms. The van der Waals surface area contributed by atoms with E-state index in [0.717, 1.165) is 0 Å². The summed E-state index contributed by atoms with van der Waals surface area (Å²) in [6.07, 6.45) is 0.656. The quantitative estimate of drug-likeness (QED) is 0.485. The number of nitrogens with zero attached hydrogens (tertiary/aromatic N) is 1. The number of halogens is 1. The van der Waals surface area contributed by atoms with Gasteiger partial charge in [-0.05, 0) is 48.4 Å². The molecule has 1 aliphatic heterocycles. The molecule has 1 atom stereocenters. The second-order valence-electron chi connectivity index (χ2n) is 6.09. The maximum absolute atomic E-state index is 12.6. The largest absolute Gasteiger partial charge is 0.508 e. The summed E-state index contributed by atoms with van der Waals surface area (Å²) < 4.78 is 0. The van der Waals surface area contributed by atoms with Crippen LogP contribution in [0, 0.1) is 0 Å². The van der Waals surface area contributed by atoms with Crippen LogP contribution in [0.3, 0.4) is 0 Å². The van der Waals surface area contributed by atoms with Crippen LogP contribution < -0.4 is 0 Å². The number of hydrogen-bond acceptors (Lipinski definition) is 4. The molecule has 5 nitrogen and oxygen atoms in total. The first-order valence-electron chi connectivity index (χ1n) is 8.27. The molecule has 6 heteroatoms. The average molecular weight is 372 g/mol. The van der Waals surface area contributed by atoms with E-state index < -0.39 is 17.7 Å². The molecule has 1 unspecified atom stereocenters. The van der Waals surface area contributed by atoms with E-state index in [1.54, 1.807) is 36.4 Å². The van der Waals surface area contributed by atoms with Crippen molar-refractivity contribution in [3.05, 3.63) is 70.3 Å². The normalized spacial score (nSPS) is 19.2. The van der Waals surface area contributed by atoms with Crippen molar-refractivity contribution in [1.29, 1.82) is 0 Å². The molecular formula is C20H18ClNO4. The van der Waals surface area contributed by atoms with E-state index in [-0.39, 0.29) is 17.1 Å². The van der Waals surface area contributed by atoms with E-state index >= 15 is 0 Å². The minimum Gasteiger partial charge on any atom is -0.508 e. The molecule has 0 aliphatic carbocycles. The van der Waals surface area contributed by atoms with Crippen molar-refractivity contribution in [2.75, 3.05) is 6.54 Å². The summed E-state index contributed by atoms with van der Waals surface area (Å²) in [5.41, 5.74) is 0.971. The number of carbonyl (C=O) groups is 2. The van der Waals surface area contributed by atoms with E-state index in [1.165, 1.54) is 17.0 Å². The fourth-order valence-corrected chi connectivity index (χ4v) is 3.28. The summed E-state index contributed by atoms with van der Waals surface area (Å²) in [4.78, 5) is 26.6. The zero-order chi connectivity index (χ0) is 18.8. The van der Waals surface area contributed by atoms with Crippen LogP contribution in [0.4, 0.5) is 0 Å². The van der Waals surface area contributed by atoms with Crippen molar-refractivity contribution in [3.8, 4) is 5.75 Å². The standard InChI is InChI=1S/C20H18ClNO4/c1-2-10-22-17(13-4-3-5-15(23)11-13)16(19(25)20(22)26)18(24)12-6-8-14(21)9-7-12/h3-9,11,17,23-24H,2,10H2,1H3/b18-16-. The fraction of sp³-hybridized carbons (Fsp3) is 0.200. The summed E-state index contributed by atoms with van der Waals surface area (Å²) in [6.45, 7) is 2.26. The van der Waals surface area contributed by atoms with Gasteiger partial charge >= 0.3 is 0 Å². The minimum absolute atomic E-state index is 0.0105. The van der Waals surface area contributed by atoms with Gasteiger partial charge in [0.05, 0.1) is 11.6 Å². The summed E-state index contributed by atoms with van der Waals surface area (Å²) in [5.74, 6) is -1.63. The Morgan fingerprint density at radius 1 is 1.15 bits per heavy atom. The first-order valence-corrected chi connectivity index (χ1v) is 8.65. The molecule has 0 aromatic heterocycles. The van der Waals surface area contributed by atoms with Crippen molar-refractivity contribution in [3.63, 3.8) is 0 Å². The second-order valence-corrected chi connectivity index (χ2v) is 6.53. The van der Waals surface area contributed by atoms with Gasteiger partial charge in [0.2, 0.25) is 0 Å². The molecule has 0 saturated carbocycles. The highest BCUT2D eigenvalue weighted by atomic mass is 35.5. The highest BCUT2D eigenvalue weighted by Gasteiger charge is 2.45. The van der Waals surface area contributed by atoms with Crippen molar-refractivity contribution >= 4 is 29.1 Å². The SMILES string of the molecule is CCCN1C(=O)C(=O)/C(=C(\O)c2ccc(Cl)cc2)C1c1cccc(O)c1. The van der Waals surface area contributed by atoms with Crippen LogP contribution in [-0.4, -0.2) is 33.3 Å². The molecule has 1 heterocycles. The van der Waals surface area contributed by atoms with Crippen molar-refractivity contribution in [2.24, 2.45) is 0 Å². The van der Waals surface area contributed by atoms with Gasteiger partial charge in [0.25, 0.3) is 11.7 Å². The van der Waals surface area contributed by atoms with Crippen LogP contribution in [0.15, 0.2) is 54.1 Å². The summed E-state index contributed by atoms with van der Waals surface area (Å²) >= 11 is 5.88. The van der Waals surface area contributed by atoms with E-state index in [9.17, 15) is 19.8 Å². The molecule has 26 heavy (non-hydrogen) atoms. The topological polar surface area (TPSA) is 77.8 Å². The number of aliphatic hydroxyl groups excluding tert-OH is 1. The molecule has 1 fully saturated rings. The fourth-order valence-electron chi connectivity index (χ4n) is 3.16. The Balaban J connectivity index is 2.19. The number of amides is 1. The summed E-state index contributed by atoms with van der Waals surface area (Å²) in [5, 5.41) is 21.1. The molecule has 2 aromatic carbocycles. The third-order valence-corrected chi connectivity index (χ3v) is 4.56. The number of carbonyl (C=O) groups excluding carboxylic acids is 2. The van der Waals surface area contributed by atoms with E-state index in [2.05, 4.69) is 0 Å². The number of hydrogen-bond donors (Lipinski definition) is 2. The van der Waals surface area contributed by atoms with E-state index in [4.69, 9.17) is 11.6 Å². The summed E-state index contributed by atoms with van der Waals surface area (Å²) in [6, 6.07) is 12.0. The lowest BCUT2D eigenvalue weighted by Gasteiger charge is -2.25. The molecule has 2 aromatic rings. The average Bonchev–Trinajstić information content (AvgIpc) is 2.87. The van der Waals surface area contributed by atoms with E-state index in [0.29, 0.717) is 29.1 Å². The molecule has 1 amide bonds. The number of phenols is 1. The first-order chi connectivity index (χ1) is 12.4. The van der Waals surface area contributed by atoms with Crippen LogP contribution in [-0.2, 0) is 9.59 Å². The third kappa shape index (κ3) is 3.18. The minimum atomic E-state index is -0.752. The van der Waals surface area contributed by atoms with E-state index in [1.807, 2.05) is 6.92 Å². The number of benzene rings is 2. The molecule has 3 rings (SSSR count). The molecule has 0 radical (unpaired) electrons. The number of phenolic OH excluding ortho intramolecular Hbond substituents is 1. The maximum atomic E-state index is 12.6. The third-order valence-electron chi connectivity index (χ3n) is 4.31. The van der Waals surface area contributed by atoms with Crippen LogP contribution in [0.5, 0.6) is 5.75 Å². The molecule has 1 saturated heterocycles. The Morgan fingerprint density at radius 3 is 2.46 bits per heavy atom. The number of aliphatic hydroxyl groups is 1. The molecule has 1 aliphatic rings. The van der Waals surface area contributed by atoms with Crippen molar-refractivity contribution in [2.45, 2.75) is 19.4 Å². The first kappa shape index (κ1) is 18.0. The number of aromatic hydroxyl groups is 1. The zero-order valence-corrected chi connectivity index (χ0v) is 14.9. The van der Waals surface area contributed by atoms with Gasteiger partial charge in [-0.15, -0.1) is 0 Å². The molecule has 0 spiro atoms. The zero-order valence-electron chi connectivity index (χ0n) is 14.1. The highest BCUT2D eigenvalue weighted by molar-refractivity contribution is 6.46. The number of Topliss-reactive ketones (excluding diaryl/α,β-unsaturated/α-hetero) is 1. The van der Waals surface area contributed by atoms with Gasteiger partial charge in [0.1, 0.15) is 11.5 Å². The Kier molecular flexibility index (Phi) is 5.00. The van der Waals surface area contributed by atoms with Crippen LogP contribution >= 0.6 is 11.6 Å². The smallest absolute Gasteiger partial charge is 0.295 e. The van der Waals surface area contributed by atoms with Crippen LogP contribution in [0.1, 0.15) is 30.5 Å². The Morgan fingerprint density at radius 2 is 1.85 bits per heavy atom. The van der Waals surface area contributed by atoms with Crippen LogP contribution in [0.2, 0.25) is 5.02 Å². The maximum Gasteiger partial charge on any atom is 0.295 e. The lowest BCUT2D eigenvalue weighted by Crippen LogP contribution is -2.30. The Labute approximate surface area is 156 Å². The number of likely N-dealkylation sites (tertiary alicyclic amines) is 1. The lowest BCUT2D eigenvalue weighted by atomic mass is 9.95. The van der Waals surface area contributed by atoms with Gasteiger partial charge in [-0.2, -0.15) is 0 Å². The van der Waals surface area contributed by atoms with Crippen molar-refractivity contribution < 1.29 is 19.8 Å². The molecule has 134 valence electrons. The highest BCUT2D eigenvalue weighted by Crippen LogP contribution is 2.40. The van der Waals surface area contributed by atoms with Gasteiger partial charge in [0, 0.05) is 17.1 Å². The Bertz CT molecular complexity index is 889. The monoisotopic (exact) mass is 371 g/mol. The van der Waals surface area contributed by atoms with Gasteiger partial charge in [0.15, 0.2) is 0 Å². The Hall–Kier alpha value is -2.79. The molecular weight excluding hydrogens is 354 g/mol. The predicted octanol–water partition coefficient (Wildman–Crippen LogP) is 3.88. The van der Waals surface area contributed by atoms with Gasteiger partial charge in [-0.1, -0.05) is 30.7 Å². The van der Waals surface area contributed by atoms with Gasteiger partial charge in [-0.3, -0.25) is 9.59 Å². The van der Waals surface area contributed by atoms with Crippen molar-refractivity contribution in [1.82, 2.24) is 4.90 Å². The van der Waals surface area contributed by atoms with Gasteiger partial charge in [-0.25, -0.2) is 0 Å². The van der Waals surface area contributed by atoms with Gasteiger partial charge < -0.3 is 15.1 Å². The predicted molar refractivity (Wildman–Crippen MR) is 98.9 cm³/mol. The number of rotatable bonds is 4. The lowest BCUT2D eigenvalue weighted by molar-refractivity contribution is -0.139. The second kappa shape index (κ2) is 7.22. The molecule has 2 N–H and O–H groups in total.